The molecule has 4 rings (SSSR count). The lowest BCUT2D eigenvalue weighted by atomic mass is 9.91. The van der Waals surface area contributed by atoms with Crippen LogP contribution in [0.2, 0.25) is 0 Å². The number of carbonyl (C=O) groups is 1. The van der Waals surface area contributed by atoms with Gasteiger partial charge in [-0.15, -0.1) is 16.4 Å². The second kappa shape index (κ2) is 7.66. The van der Waals surface area contributed by atoms with Crippen molar-refractivity contribution in [2.75, 3.05) is 13.1 Å². The largest absolute Gasteiger partial charge is 0.337 e. The number of carbonyl (C=O) groups excluding carboxylic acids is 1. The SMILES string of the molecule is O=C(c1cn(C2CCC(NCc3cccs3)CC2)nn1)N1CCCC1. The van der Waals surface area contributed by atoms with Gasteiger partial charge >= 0.3 is 0 Å². The zero-order chi connectivity index (χ0) is 17.1. The summed E-state index contributed by atoms with van der Waals surface area (Å²) in [6.07, 6.45) is 8.51. The van der Waals surface area contributed by atoms with Crippen molar-refractivity contribution >= 4 is 17.2 Å². The number of hydrogen-bond acceptors (Lipinski definition) is 5. The molecule has 7 heteroatoms. The van der Waals surface area contributed by atoms with E-state index in [-0.39, 0.29) is 5.91 Å². The third-order valence-corrected chi connectivity index (χ3v) is 6.21. The lowest BCUT2D eigenvalue weighted by Crippen LogP contribution is -2.33. The van der Waals surface area contributed by atoms with Crippen LogP contribution in [-0.4, -0.2) is 44.9 Å². The lowest BCUT2D eigenvalue weighted by molar-refractivity contribution is 0.0787. The molecular formula is C18H25N5OS. The number of hydrogen-bond donors (Lipinski definition) is 1. The van der Waals surface area contributed by atoms with Gasteiger partial charge in [-0.1, -0.05) is 11.3 Å². The maximum Gasteiger partial charge on any atom is 0.276 e. The summed E-state index contributed by atoms with van der Waals surface area (Å²) in [4.78, 5) is 15.7. The van der Waals surface area contributed by atoms with E-state index in [1.165, 1.54) is 4.88 Å². The van der Waals surface area contributed by atoms with E-state index in [2.05, 4.69) is 33.1 Å². The van der Waals surface area contributed by atoms with Crippen molar-refractivity contribution in [3.05, 3.63) is 34.3 Å². The molecule has 134 valence electrons. The molecule has 0 spiro atoms. The monoisotopic (exact) mass is 359 g/mol. The van der Waals surface area contributed by atoms with Gasteiger partial charge in [-0.2, -0.15) is 0 Å². The second-order valence-corrected chi connectivity index (χ2v) is 8.08. The van der Waals surface area contributed by atoms with Crippen LogP contribution in [-0.2, 0) is 6.54 Å². The van der Waals surface area contributed by atoms with Gasteiger partial charge in [0.25, 0.3) is 5.91 Å². The molecule has 1 aliphatic carbocycles. The Morgan fingerprint density at radius 2 is 2.04 bits per heavy atom. The second-order valence-electron chi connectivity index (χ2n) is 7.05. The summed E-state index contributed by atoms with van der Waals surface area (Å²) < 4.78 is 1.92. The number of likely N-dealkylation sites (tertiary alicyclic amines) is 1. The molecule has 0 radical (unpaired) electrons. The van der Waals surface area contributed by atoms with Crippen molar-refractivity contribution in [3.63, 3.8) is 0 Å². The molecule has 1 aliphatic heterocycles. The highest BCUT2D eigenvalue weighted by Crippen LogP contribution is 2.28. The maximum atomic E-state index is 12.4. The Balaban J connectivity index is 1.28. The highest BCUT2D eigenvalue weighted by atomic mass is 32.1. The molecule has 2 aliphatic rings. The van der Waals surface area contributed by atoms with Crippen LogP contribution in [0.15, 0.2) is 23.7 Å². The van der Waals surface area contributed by atoms with Gasteiger partial charge in [-0.25, -0.2) is 4.68 Å². The highest BCUT2D eigenvalue weighted by molar-refractivity contribution is 7.09. The van der Waals surface area contributed by atoms with Gasteiger partial charge in [0.15, 0.2) is 5.69 Å². The Morgan fingerprint density at radius 3 is 2.76 bits per heavy atom. The van der Waals surface area contributed by atoms with Gasteiger partial charge in [0.2, 0.25) is 0 Å². The number of nitrogens with one attached hydrogen (secondary N) is 1. The Hall–Kier alpha value is -1.73. The molecule has 2 aromatic heterocycles. The third-order valence-electron chi connectivity index (χ3n) is 5.34. The van der Waals surface area contributed by atoms with Crippen molar-refractivity contribution in [3.8, 4) is 0 Å². The summed E-state index contributed by atoms with van der Waals surface area (Å²) in [5, 5.41) is 14.2. The molecule has 3 heterocycles. The van der Waals surface area contributed by atoms with Crippen LogP contribution >= 0.6 is 11.3 Å². The van der Waals surface area contributed by atoms with Crippen molar-refractivity contribution in [2.45, 2.75) is 57.2 Å². The van der Waals surface area contributed by atoms with Gasteiger partial charge in [-0.05, 0) is 50.0 Å². The van der Waals surface area contributed by atoms with Gasteiger partial charge < -0.3 is 10.2 Å². The average Bonchev–Trinajstić information content (AvgIpc) is 3.42. The summed E-state index contributed by atoms with van der Waals surface area (Å²) in [6, 6.07) is 5.22. The fraction of sp³-hybridized carbons (Fsp3) is 0.611. The number of rotatable bonds is 5. The van der Waals surface area contributed by atoms with E-state index in [4.69, 9.17) is 0 Å². The lowest BCUT2D eigenvalue weighted by Gasteiger charge is -2.29. The topological polar surface area (TPSA) is 63.1 Å². The summed E-state index contributed by atoms with van der Waals surface area (Å²) in [7, 11) is 0. The van der Waals surface area contributed by atoms with Crippen molar-refractivity contribution in [2.24, 2.45) is 0 Å². The highest BCUT2D eigenvalue weighted by Gasteiger charge is 2.26. The predicted molar refractivity (Wildman–Crippen MR) is 97.6 cm³/mol. The molecule has 1 saturated carbocycles. The molecule has 6 nitrogen and oxygen atoms in total. The summed E-state index contributed by atoms with van der Waals surface area (Å²) in [5.41, 5.74) is 0.500. The molecule has 1 N–H and O–H groups in total. The summed E-state index contributed by atoms with van der Waals surface area (Å²) >= 11 is 1.80. The van der Waals surface area contributed by atoms with E-state index in [0.29, 0.717) is 17.8 Å². The Labute approximate surface area is 152 Å². The Bertz CT molecular complexity index is 684. The molecule has 1 saturated heterocycles. The zero-order valence-corrected chi connectivity index (χ0v) is 15.2. The Morgan fingerprint density at radius 1 is 1.24 bits per heavy atom. The van der Waals surface area contributed by atoms with Crippen LogP contribution in [0.3, 0.4) is 0 Å². The smallest absolute Gasteiger partial charge is 0.276 e. The predicted octanol–water partition coefficient (Wildman–Crippen LogP) is 2.85. The number of nitrogens with zero attached hydrogens (tertiary/aromatic N) is 4. The molecule has 2 aromatic rings. The average molecular weight is 359 g/mol. The molecule has 2 fully saturated rings. The number of aromatic nitrogens is 3. The van der Waals surface area contributed by atoms with E-state index in [0.717, 1.165) is 58.2 Å². The van der Waals surface area contributed by atoms with Gasteiger partial charge in [0.05, 0.1) is 12.2 Å². The van der Waals surface area contributed by atoms with Crippen LogP contribution in [0.25, 0.3) is 0 Å². The standard InChI is InChI=1S/C18H25N5OS/c24-18(22-9-1-2-10-22)17-13-23(21-20-17)15-7-5-14(6-8-15)19-12-16-4-3-11-25-16/h3-4,11,13-15,19H,1-2,5-10,12H2. The first kappa shape index (κ1) is 16.7. The van der Waals surface area contributed by atoms with Gasteiger partial charge in [0.1, 0.15) is 0 Å². The van der Waals surface area contributed by atoms with Gasteiger partial charge in [-0.3, -0.25) is 4.79 Å². The normalized spacial score (nSPS) is 23.9. The molecule has 0 bridgehead atoms. The van der Waals surface area contributed by atoms with E-state index in [1.54, 1.807) is 11.3 Å². The molecule has 25 heavy (non-hydrogen) atoms. The van der Waals surface area contributed by atoms with E-state index >= 15 is 0 Å². The first-order valence-corrected chi connectivity index (χ1v) is 10.1. The van der Waals surface area contributed by atoms with Crippen LogP contribution in [0.5, 0.6) is 0 Å². The first-order chi connectivity index (χ1) is 12.3. The van der Waals surface area contributed by atoms with Crippen molar-refractivity contribution in [1.82, 2.24) is 25.2 Å². The molecule has 0 aromatic carbocycles. The van der Waals surface area contributed by atoms with Crippen molar-refractivity contribution < 1.29 is 4.79 Å². The third kappa shape index (κ3) is 3.93. The van der Waals surface area contributed by atoms with Crippen LogP contribution in [0.1, 0.15) is 59.9 Å². The quantitative estimate of drug-likeness (QED) is 0.892. The molecular weight excluding hydrogens is 334 g/mol. The molecule has 0 unspecified atom stereocenters. The summed E-state index contributed by atoms with van der Waals surface area (Å²) in [5.74, 6) is 0.0371. The van der Waals surface area contributed by atoms with Crippen LogP contribution in [0, 0.1) is 0 Å². The van der Waals surface area contributed by atoms with Crippen molar-refractivity contribution in [1.29, 1.82) is 0 Å². The first-order valence-electron chi connectivity index (χ1n) is 9.26. The fourth-order valence-corrected chi connectivity index (χ4v) is 4.49. The molecule has 0 atom stereocenters. The summed E-state index contributed by atoms with van der Waals surface area (Å²) in [6.45, 7) is 2.67. The maximum absolute atomic E-state index is 12.4. The van der Waals surface area contributed by atoms with Crippen LogP contribution < -0.4 is 5.32 Å². The minimum Gasteiger partial charge on any atom is -0.337 e. The van der Waals surface area contributed by atoms with E-state index < -0.39 is 0 Å². The minimum atomic E-state index is 0.0371. The number of amides is 1. The zero-order valence-electron chi connectivity index (χ0n) is 14.4. The molecule has 1 amide bonds. The minimum absolute atomic E-state index is 0.0371. The van der Waals surface area contributed by atoms with E-state index in [9.17, 15) is 4.79 Å². The Kier molecular flexibility index (Phi) is 5.12. The van der Waals surface area contributed by atoms with Gasteiger partial charge in [0, 0.05) is 30.6 Å². The van der Waals surface area contributed by atoms with E-state index in [1.807, 2.05) is 15.8 Å². The van der Waals surface area contributed by atoms with Crippen LogP contribution in [0.4, 0.5) is 0 Å². The fourth-order valence-electron chi connectivity index (χ4n) is 3.84. The number of thiophene rings is 1.